The van der Waals surface area contributed by atoms with E-state index >= 15 is 0 Å². The molecule has 1 aliphatic heterocycles. The number of anilines is 4. The number of hydrogen-bond donors (Lipinski definition) is 3. The number of nitriles is 1. The molecule has 0 spiro atoms. The van der Waals surface area contributed by atoms with Crippen LogP contribution in [0.25, 0.3) is 0 Å². The minimum Gasteiger partial charge on any atom is -0.399 e. The predicted octanol–water partition coefficient (Wildman–Crippen LogP) is 2.54. The Morgan fingerprint density at radius 1 is 1.19 bits per heavy atom. The fourth-order valence-electron chi connectivity index (χ4n) is 3.63. The van der Waals surface area contributed by atoms with Crippen molar-refractivity contribution in [3.63, 3.8) is 0 Å². The monoisotopic (exact) mass is 407 g/mol. The fourth-order valence-corrected chi connectivity index (χ4v) is 3.63. The maximum Gasteiger partial charge on any atom is 0.229 e. The maximum atomic E-state index is 9.11. The van der Waals surface area contributed by atoms with Gasteiger partial charge in [-0.05, 0) is 43.9 Å². The van der Waals surface area contributed by atoms with Crippen LogP contribution in [-0.2, 0) is 12.8 Å². The maximum absolute atomic E-state index is 9.11. The summed E-state index contributed by atoms with van der Waals surface area (Å²) in [7, 11) is 0. The van der Waals surface area contributed by atoms with Gasteiger partial charge in [0, 0.05) is 36.1 Å². The average Bonchev–Trinajstić information content (AvgIpc) is 3.22. The molecule has 9 heteroatoms. The molecule has 0 radical (unpaired) electrons. The molecule has 4 rings (SSSR count). The smallest absolute Gasteiger partial charge is 0.229 e. The van der Waals surface area contributed by atoms with Gasteiger partial charge in [0.2, 0.25) is 5.95 Å². The van der Waals surface area contributed by atoms with Gasteiger partial charge in [-0.15, -0.1) is 24.8 Å². The van der Waals surface area contributed by atoms with Crippen molar-refractivity contribution < 1.29 is 0 Å². The highest BCUT2D eigenvalue weighted by Crippen LogP contribution is 2.32. The number of benzene rings is 1. The minimum atomic E-state index is 0. The van der Waals surface area contributed by atoms with Crippen molar-refractivity contribution >= 4 is 48.0 Å². The van der Waals surface area contributed by atoms with Gasteiger partial charge >= 0.3 is 0 Å². The number of nitrogen functional groups attached to an aromatic ring is 1. The van der Waals surface area contributed by atoms with E-state index in [0.29, 0.717) is 17.2 Å². The first-order valence-electron chi connectivity index (χ1n) is 8.60. The molecule has 0 saturated carbocycles. The van der Waals surface area contributed by atoms with Gasteiger partial charge in [0.25, 0.3) is 0 Å². The summed E-state index contributed by atoms with van der Waals surface area (Å²) in [5.41, 5.74) is 16.1. The second-order valence-corrected chi connectivity index (χ2v) is 6.72. The number of aryl methyl sites for hydroxylation is 1. The fraction of sp³-hybridized carbons (Fsp3) is 0.389. The van der Waals surface area contributed by atoms with Crippen LogP contribution in [0.2, 0.25) is 0 Å². The zero-order valence-electron chi connectivity index (χ0n) is 14.8. The standard InChI is InChI=1S/C18H21N7.2ClH/c19-9-11-6-13(21)8-14(7-11)22-18-23-16-3-1-2-15(16)17(24-18)25-5-4-12(20)10-25;;/h6-8,12H,1-5,10,20-21H2,(H,22,23,24);2*1H. The van der Waals surface area contributed by atoms with Crippen molar-refractivity contribution in [2.75, 3.05) is 29.0 Å². The van der Waals surface area contributed by atoms with Crippen LogP contribution >= 0.6 is 24.8 Å². The molecule has 27 heavy (non-hydrogen) atoms. The van der Waals surface area contributed by atoms with Gasteiger partial charge in [-0.1, -0.05) is 0 Å². The summed E-state index contributed by atoms with van der Waals surface area (Å²) in [5.74, 6) is 1.55. The quantitative estimate of drug-likeness (QED) is 0.668. The first kappa shape index (κ1) is 21.0. The Bertz CT molecular complexity index is 866. The Balaban J connectivity index is 0.00000131. The lowest BCUT2D eigenvalue weighted by atomic mass is 10.2. The van der Waals surface area contributed by atoms with Crippen LogP contribution in [-0.4, -0.2) is 29.1 Å². The molecule has 1 atom stereocenters. The molecule has 144 valence electrons. The van der Waals surface area contributed by atoms with Gasteiger partial charge in [-0.2, -0.15) is 10.2 Å². The number of fused-ring (bicyclic) bond motifs is 1. The summed E-state index contributed by atoms with van der Waals surface area (Å²) in [5, 5.41) is 12.3. The molecule has 2 aromatic rings. The molecule has 0 amide bonds. The Hall–Kier alpha value is -2.27. The third-order valence-corrected chi connectivity index (χ3v) is 4.78. The Labute approximate surface area is 171 Å². The molecular formula is C18H23Cl2N7. The largest absolute Gasteiger partial charge is 0.399 e. The van der Waals surface area contributed by atoms with Crippen molar-refractivity contribution in [1.29, 1.82) is 5.26 Å². The zero-order chi connectivity index (χ0) is 17.4. The lowest BCUT2D eigenvalue weighted by molar-refractivity contribution is 0.751. The van der Waals surface area contributed by atoms with E-state index in [1.54, 1.807) is 18.2 Å². The van der Waals surface area contributed by atoms with Crippen LogP contribution in [0.5, 0.6) is 0 Å². The molecule has 0 bridgehead atoms. The molecule has 7 nitrogen and oxygen atoms in total. The first-order valence-corrected chi connectivity index (χ1v) is 8.60. The molecule has 1 aliphatic carbocycles. The van der Waals surface area contributed by atoms with E-state index < -0.39 is 0 Å². The van der Waals surface area contributed by atoms with Crippen LogP contribution in [0.1, 0.15) is 29.7 Å². The third-order valence-electron chi connectivity index (χ3n) is 4.78. The minimum absolute atomic E-state index is 0. The molecule has 2 aliphatic rings. The molecule has 1 unspecified atom stereocenters. The van der Waals surface area contributed by atoms with E-state index in [0.717, 1.165) is 56.0 Å². The van der Waals surface area contributed by atoms with Crippen LogP contribution in [0, 0.1) is 11.3 Å². The summed E-state index contributed by atoms with van der Waals surface area (Å²) >= 11 is 0. The highest BCUT2D eigenvalue weighted by atomic mass is 35.5. The van der Waals surface area contributed by atoms with Crippen LogP contribution < -0.4 is 21.7 Å². The second-order valence-electron chi connectivity index (χ2n) is 6.72. The average molecular weight is 408 g/mol. The summed E-state index contributed by atoms with van der Waals surface area (Å²) in [4.78, 5) is 11.7. The molecule has 1 aromatic carbocycles. The van der Waals surface area contributed by atoms with Crippen LogP contribution in [0.15, 0.2) is 18.2 Å². The normalized spacial score (nSPS) is 17.5. The number of halogens is 2. The van der Waals surface area contributed by atoms with Crippen molar-refractivity contribution in [2.45, 2.75) is 31.7 Å². The third kappa shape index (κ3) is 4.35. The number of nitrogens with two attached hydrogens (primary N) is 2. The van der Waals surface area contributed by atoms with Gasteiger partial charge in [-0.3, -0.25) is 0 Å². The number of rotatable bonds is 3. The zero-order valence-corrected chi connectivity index (χ0v) is 16.4. The van der Waals surface area contributed by atoms with Crippen molar-refractivity contribution in [1.82, 2.24) is 9.97 Å². The molecule has 2 heterocycles. The number of nitrogens with one attached hydrogen (secondary N) is 1. The Kier molecular flexibility index (Phi) is 6.71. The Morgan fingerprint density at radius 3 is 2.70 bits per heavy atom. The number of nitrogens with zero attached hydrogens (tertiary/aromatic N) is 4. The van der Waals surface area contributed by atoms with Gasteiger partial charge in [-0.25, -0.2) is 4.98 Å². The first-order chi connectivity index (χ1) is 12.1. The highest BCUT2D eigenvalue weighted by molar-refractivity contribution is 5.85. The number of aromatic nitrogens is 2. The van der Waals surface area contributed by atoms with Crippen LogP contribution in [0.3, 0.4) is 0 Å². The van der Waals surface area contributed by atoms with Crippen molar-refractivity contribution in [3.8, 4) is 6.07 Å². The predicted molar refractivity (Wildman–Crippen MR) is 112 cm³/mol. The molecular weight excluding hydrogens is 385 g/mol. The van der Waals surface area contributed by atoms with Gasteiger partial charge in [0.05, 0.1) is 17.3 Å². The van der Waals surface area contributed by atoms with Gasteiger partial charge in [0.15, 0.2) is 0 Å². The second kappa shape index (κ2) is 8.61. The highest BCUT2D eigenvalue weighted by Gasteiger charge is 2.27. The molecule has 1 saturated heterocycles. The van der Waals surface area contributed by atoms with Gasteiger partial charge in [0.1, 0.15) is 5.82 Å². The summed E-state index contributed by atoms with van der Waals surface area (Å²) < 4.78 is 0. The lowest BCUT2D eigenvalue weighted by Crippen LogP contribution is -2.28. The number of hydrogen-bond acceptors (Lipinski definition) is 7. The lowest BCUT2D eigenvalue weighted by Gasteiger charge is -2.21. The Morgan fingerprint density at radius 2 is 2.00 bits per heavy atom. The van der Waals surface area contributed by atoms with E-state index in [9.17, 15) is 0 Å². The summed E-state index contributed by atoms with van der Waals surface area (Å²) in [6.07, 6.45) is 4.09. The van der Waals surface area contributed by atoms with Gasteiger partial charge < -0.3 is 21.7 Å². The van der Waals surface area contributed by atoms with E-state index in [4.69, 9.17) is 21.7 Å². The SMILES string of the molecule is Cl.Cl.N#Cc1cc(N)cc(Nc2nc3c(c(N4CCC(N)C4)n2)CCC3)c1. The van der Waals surface area contributed by atoms with Crippen molar-refractivity contribution in [3.05, 3.63) is 35.0 Å². The topological polar surface area (TPSA) is 117 Å². The van der Waals surface area contributed by atoms with E-state index in [-0.39, 0.29) is 30.9 Å². The summed E-state index contributed by atoms with van der Waals surface area (Å²) in [6.45, 7) is 1.76. The van der Waals surface area contributed by atoms with E-state index in [2.05, 4.69) is 21.3 Å². The van der Waals surface area contributed by atoms with E-state index in [1.165, 1.54) is 5.56 Å². The van der Waals surface area contributed by atoms with E-state index in [1.807, 2.05) is 0 Å². The molecule has 1 aromatic heterocycles. The molecule has 1 fully saturated rings. The van der Waals surface area contributed by atoms with Crippen molar-refractivity contribution in [2.24, 2.45) is 5.73 Å². The molecule has 5 N–H and O–H groups in total. The summed E-state index contributed by atoms with van der Waals surface area (Å²) in [6, 6.07) is 7.49. The van der Waals surface area contributed by atoms with Crippen LogP contribution in [0.4, 0.5) is 23.1 Å².